The first-order valence-electron chi connectivity index (χ1n) is 6.33. The summed E-state index contributed by atoms with van der Waals surface area (Å²) in [6.07, 6.45) is 0.921. The Morgan fingerprint density at radius 2 is 2.00 bits per heavy atom. The Morgan fingerprint density at radius 3 is 2.65 bits per heavy atom. The van der Waals surface area contributed by atoms with Crippen molar-refractivity contribution in [1.29, 1.82) is 0 Å². The molecule has 1 heterocycles. The van der Waals surface area contributed by atoms with Crippen molar-refractivity contribution in [2.75, 3.05) is 20.3 Å². The summed E-state index contributed by atoms with van der Waals surface area (Å²) >= 11 is 0. The number of hydrogen-bond donors (Lipinski definition) is 2. The minimum atomic E-state index is -0.594. The van der Waals surface area contributed by atoms with Gasteiger partial charge in [0.1, 0.15) is 30.5 Å². The van der Waals surface area contributed by atoms with Crippen molar-refractivity contribution in [3.63, 3.8) is 0 Å². The van der Waals surface area contributed by atoms with Gasteiger partial charge in [-0.1, -0.05) is 5.16 Å². The highest BCUT2D eigenvalue weighted by Crippen LogP contribution is 2.16. The molecule has 1 atom stereocenters. The zero-order valence-electron chi connectivity index (χ0n) is 11.3. The molecule has 0 aliphatic rings. The van der Waals surface area contributed by atoms with Gasteiger partial charge in [0.05, 0.1) is 12.8 Å². The van der Waals surface area contributed by atoms with Crippen LogP contribution in [0.3, 0.4) is 0 Å². The number of nitrogens with zero attached hydrogens (tertiary/aromatic N) is 1. The molecule has 1 aromatic carbocycles. The molecule has 0 spiro atoms. The van der Waals surface area contributed by atoms with Crippen molar-refractivity contribution < 1.29 is 19.1 Å². The molecule has 0 saturated heterocycles. The molecule has 0 fully saturated rings. The summed E-state index contributed by atoms with van der Waals surface area (Å²) in [6.45, 7) is 1.19. The van der Waals surface area contributed by atoms with Crippen LogP contribution in [-0.4, -0.2) is 36.6 Å². The van der Waals surface area contributed by atoms with Crippen LogP contribution in [0.5, 0.6) is 11.5 Å². The van der Waals surface area contributed by atoms with Gasteiger partial charge in [0.25, 0.3) is 0 Å². The maximum absolute atomic E-state index is 9.78. The SMILES string of the molecule is COc1ccc(OCC(O)CNCc2ccon2)cc1. The molecule has 6 nitrogen and oxygen atoms in total. The van der Waals surface area contributed by atoms with Gasteiger partial charge in [-0.05, 0) is 24.3 Å². The first-order valence-corrected chi connectivity index (χ1v) is 6.33. The minimum Gasteiger partial charge on any atom is -0.497 e. The lowest BCUT2D eigenvalue weighted by atomic mass is 10.3. The number of hydrogen-bond acceptors (Lipinski definition) is 6. The van der Waals surface area contributed by atoms with Gasteiger partial charge in [0.15, 0.2) is 0 Å². The van der Waals surface area contributed by atoms with E-state index in [0.717, 1.165) is 11.4 Å². The summed E-state index contributed by atoms with van der Waals surface area (Å²) in [4.78, 5) is 0. The number of aromatic nitrogens is 1. The zero-order chi connectivity index (χ0) is 14.2. The zero-order valence-corrected chi connectivity index (χ0v) is 11.3. The standard InChI is InChI=1S/C14H18N2O4/c1-18-13-2-4-14(5-3-13)19-10-12(17)9-15-8-11-6-7-20-16-11/h2-7,12,15,17H,8-10H2,1H3. The Bertz CT molecular complexity index is 484. The van der Waals surface area contributed by atoms with E-state index in [1.165, 1.54) is 6.26 Å². The fraction of sp³-hybridized carbons (Fsp3) is 0.357. The van der Waals surface area contributed by atoms with E-state index in [4.69, 9.17) is 14.0 Å². The molecule has 0 aliphatic heterocycles. The van der Waals surface area contributed by atoms with Gasteiger partial charge < -0.3 is 24.4 Å². The molecular formula is C14H18N2O4. The lowest BCUT2D eigenvalue weighted by Crippen LogP contribution is -2.31. The average Bonchev–Trinajstić information content (AvgIpc) is 2.99. The fourth-order valence-electron chi connectivity index (χ4n) is 1.62. The van der Waals surface area contributed by atoms with E-state index in [9.17, 15) is 5.11 Å². The van der Waals surface area contributed by atoms with Crippen molar-refractivity contribution in [2.24, 2.45) is 0 Å². The average molecular weight is 278 g/mol. The third kappa shape index (κ3) is 4.56. The van der Waals surface area contributed by atoms with E-state index in [1.54, 1.807) is 25.3 Å². The van der Waals surface area contributed by atoms with Gasteiger partial charge in [0.2, 0.25) is 0 Å². The van der Waals surface area contributed by atoms with Gasteiger partial charge >= 0.3 is 0 Å². The number of nitrogens with one attached hydrogen (secondary N) is 1. The van der Waals surface area contributed by atoms with Crippen LogP contribution in [0.15, 0.2) is 41.1 Å². The normalized spacial score (nSPS) is 12.1. The molecule has 6 heteroatoms. The molecule has 0 radical (unpaired) electrons. The monoisotopic (exact) mass is 278 g/mol. The molecule has 2 rings (SSSR count). The fourth-order valence-corrected chi connectivity index (χ4v) is 1.62. The Kier molecular flexibility index (Phi) is 5.40. The van der Waals surface area contributed by atoms with Gasteiger partial charge in [-0.25, -0.2) is 0 Å². The molecule has 0 bridgehead atoms. The molecular weight excluding hydrogens is 260 g/mol. The third-order valence-corrected chi connectivity index (χ3v) is 2.68. The molecule has 1 aromatic heterocycles. The topological polar surface area (TPSA) is 76.8 Å². The molecule has 20 heavy (non-hydrogen) atoms. The van der Waals surface area contributed by atoms with E-state index in [1.807, 2.05) is 12.1 Å². The van der Waals surface area contributed by atoms with Crippen LogP contribution >= 0.6 is 0 Å². The van der Waals surface area contributed by atoms with E-state index in [2.05, 4.69) is 10.5 Å². The Hall–Kier alpha value is -2.05. The van der Waals surface area contributed by atoms with Crippen LogP contribution in [0, 0.1) is 0 Å². The lowest BCUT2D eigenvalue weighted by molar-refractivity contribution is 0.106. The summed E-state index contributed by atoms with van der Waals surface area (Å²) in [5.41, 5.74) is 0.799. The molecule has 2 aromatic rings. The van der Waals surface area contributed by atoms with Crippen LogP contribution in [0.4, 0.5) is 0 Å². The summed E-state index contributed by atoms with van der Waals surface area (Å²) < 4.78 is 15.2. The van der Waals surface area contributed by atoms with Crippen molar-refractivity contribution in [3.8, 4) is 11.5 Å². The Labute approximate surface area is 117 Å². The minimum absolute atomic E-state index is 0.220. The molecule has 0 aliphatic carbocycles. The maximum atomic E-state index is 9.78. The maximum Gasteiger partial charge on any atom is 0.124 e. The van der Waals surface area contributed by atoms with Crippen molar-refractivity contribution in [1.82, 2.24) is 10.5 Å². The predicted octanol–water partition coefficient (Wildman–Crippen LogP) is 1.21. The molecule has 0 amide bonds. The van der Waals surface area contributed by atoms with Crippen LogP contribution in [-0.2, 0) is 6.54 Å². The van der Waals surface area contributed by atoms with Gasteiger partial charge in [-0.15, -0.1) is 0 Å². The highest BCUT2D eigenvalue weighted by molar-refractivity contribution is 5.31. The lowest BCUT2D eigenvalue weighted by Gasteiger charge is -2.13. The second-order valence-electron chi connectivity index (χ2n) is 4.26. The predicted molar refractivity (Wildman–Crippen MR) is 72.7 cm³/mol. The van der Waals surface area contributed by atoms with Gasteiger partial charge in [0, 0.05) is 19.2 Å². The smallest absolute Gasteiger partial charge is 0.124 e. The van der Waals surface area contributed by atoms with Crippen molar-refractivity contribution in [2.45, 2.75) is 12.6 Å². The van der Waals surface area contributed by atoms with Gasteiger partial charge in [-0.2, -0.15) is 0 Å². The van der Waals surface area contributed by atoms with Gasteiger partial charge in [-0.3, -0.25) is 0 Å². The molecule has 108 valence electrons. The van der Waals surface area contributed by atoms with Crippen LogP contribution < -0.4 is 14.8 Å². The second kappa shape index (κ2) is 7.52. The number of aliphatic hydroxyl groups excluding tert-OH is 1. The van der Waals surface area contributed by atoms with Crippen LogP contribution in [0.25, 0.3) is 0 Å². The number of ether oxygens (including phenoxy) is 2. The van der Waals surface area contributed by atoms with E-state index in [0.29, 0.717) is 18.8 Å². The molecule has 2 N–H and O–H groups in total. The quantitative estimate of drug-likeness (QED) is 0.756. The van der Waals surface area contributed by atoms with Crippen molar-refractivity contribution in [3.05, 3.63) is 42.3 Å². The number of aliphatic hydroxyl groups is 1. The van der Waals surface area contributed by atoms with Crippen LogP contribution in [0.1, 0.15) is 5.69 Å². The largest absolute Gasteiger partial charge is 0.497 e. The number of methoxy groups -OCH3 is 1. The summed E-state index contributed by atoms with van der Waals surface area (Å²) in [5, 5.41) is 16.6. The first kappa shape index (κ1) is 14.4. The van der Waals surface area contributed by atoms with E-state index < -0.39 is 6.10 Å². The second-order valence-corrected chi connectivity index (χ2v) is 4.26. The highest BCUT2D eigenvalue weighted by atomic mass is 16.5. The summed E-state index contributed by atoms with van der Waals surface area (Å²) in [5.74, 6) is 1.47. The molecule has 0 saturated carbocycles. The summed E-state index contributed by atoms with van der Waals surface area (Å²) in [7, 11) is 1.61. The van der Waals surface area contributed by atoms with E-state index in [-0.39, 0.29) is 6.61 Å². The van der Waals surface area contributed by atoms with E-state index >= 15 is 0 Å². The number of rotatable bonds is 8. The third-order valence-electron chi connectivity index (χ3n) is 2.68. The first-order chi connectivity index (χ1) is 9.78. The Morgan fingerprint density at radius 1 is 1.25 bits per heavy atom. The number of benzene rings is 1. The Balaban J connectivity index is 1.65. The summed E-state index contributed by atoms with van der Waals surface area (Å²) in [6, 6.07) is 8.99. The van der Waals surface area contributed by atoms with Crippen LogP contribution in [0.2, 0.25) is 0 Å². The van der Waals surface area contributed by atoms with Crippen molar-refractivity contribution >= 4 is 0 Å². The molecule has 1 unspecified atom stereocenters. The highest BCUT2D eigenvalue weighted by Gasteiger charge is 2.06.